The first-order chi connectivity index (χ1) is 9.11. The van der Waals surface area contributed by atoms with E-state index in [4.69, 9.17) is 16.3 Å². The van der Waals surface area contributed by atoms with Gasteiger partial charge >= 0.3 is 0 Å². The van der Waals surface area contributed by atoms with Gasteiger partial charge in [0.25, 0.3) is 5.91 Å². The Bertz CT molecular complexity index is 616. The summed E-state index contributed by atoms with van der Waals surface area (Å²) in [5, 5.41) is 3.27. The number of carbonyl (C=O) groups is 1. The normalized spacial score (nSPS) is 10.1. The topological polar surface area (TPSA) is 38.3 Å². The summed E-state index contributed by atoms with van der Waals surface area (Å²) in [6, 6.07) is 12.1. The van der Waals surface area contributed by atoms with E-state index in [2.05, 4.69) is 17.9 Å². The molecule has 0 aliphatic rings. The van der Waals surface area contributed by atoms with E-state index in [0.717, 1.165) is 0 Å². The van der Waals surface area contributed by atoms with Crippen molar-refractivity contribution in [3.05, 3.63) is 53.1 Å². The zero-order valence-electron chi connectivity index (χ0n) is 10.2. The third kappa shape index (κ3) is 3.22. The molecule has 0 aliphatic carbocycles. The fourth-order valence-electron chi connectivity index (χ4n) is 1.60. The lowest BCUT2D eigenvalue weighted by molar-refractivity contribution is 0.102. The molecular formula is C14H12ClNO2S. The van der Waals surface area contributed by atoms with E-state index in [-0.39, 0.29) is 5.91 Å². The van der Waals surface area contributed by atoms with Gasteiger partial charge in [0, 0.05) is 16.6 Å². The van der Waals surface area contributed by atoms with Crippen LogP contribution in [-0.2, 0) is 0 Å². The quantitative estimate of drug-likeness (QED) is 0.843. The molecule has 0 unspecified atom stereocenters. The molecule has 2 aromatic carbocycles. The van der Waals surface area contributed by atoms with Gasteiger partial charge in [-0.1, -0.05) is 23.7 Å². The van der Waals surface area contributed by atoms with Crippen LogP contribution in [0.15, 0.2) is 47.4 Å². The second-order valence-electron chi connectivity index (χ2n) is 3.82. The highest BCUT2D eigenvalue weighted by Gasteiger charge is 2.10. The molecule has 0 heterocycles. The van der Waals surface area contributed by atoms with Crippen LogP contribution in [0, 0.1) is 0 Å². The summed E-state index contributed by atoms with van der Waals surface area (Å²) in [6.07, 6.45) is 0. The van der Waals surface area contributed by atoms with Crippen LogP contribution in [0.25, 0.3) is 0 Å². The smallest absolute Gasteiger partial charge is 0.256 e. The van der Waals surface area contributed by atoms with Crippen LogP contribution in [0.1, 0.15) is 10.4 Å². The third-order valence-electron chi connectivity index (χ3n) is 2.56. The van der Waals surface area contributed by atoms with Crippen LogP contribution in [0.3, 0.4) is 0 Å². The van der Waals surface area contributed by atoms with Crippen LogP contribution < -0.4 is 10.1 Å². The molecule has 0 aliphatic heterocycles. The largest absolute Gasteiger partial charge is 0.495 e. The average Bonchev–Trinajstić information content (AvgIpc) is 2.41. The first-order valence-corrected chi connectivity index (χ1v) is 6.37. The van der Waals surface area contributed by atoms with Gasteiger partial charge in [0.1, 0.15) is 5.75 Å². The molecule has 0 aromatic heterocycles. The molecule has 98 valence electrons. The standard InChI is InChI=1S/C14H12ClNO2S/c1-18-12-8-9(6-7-11(12)15)16-14(17)10-4-2-3-5-13(10)19/h2-8,19H,1H3,(H,16,17). The van der Waals surface area contributed by atoms with Crippen molar-refractivity contribution in [3.63, 3.8) is 0 Å². The lowest BCUT2D eigenvalue weighted by atomic mass is 10.2. The lowest BCUT2D eigenvalue weighted by Gasteiger charge is -2.09. The molecule has 1 amide bonds. The highest BCUT2D eigenvalue weighted by Crippen LogP contribution is 2.27. The molecule has 3 nitrogen and oxygen atoms in total. The Morgan fingerprint density at radius 3 is 2.68 bits per heavy atom. The van der Waals surface area contributed by atoms with Gasteiger partial charge in [-0.2, -0.15) is 0 Å². The number of amides is 1. The first kappa shape index (κ1) is 13.8. The summed E-state index contributed by atoms with van der Waals surface area (Å²) in [7, 11) is 1.52. The molecule has 0 radical (unpaired) electrons. The lowest BCUT2D eigenvalue weighted by Crippen LogP contribution is -2.12. The number of rotatable bonds is 3. The number of nitrogens with one attached hydrogen (secondary N) is 1. The molecule has 0 fully saturated rings. The van der Waals surface area contributed by atoms with Crippen molar-refractivity contribution < 1.29 is 9.53 Å². The van der Waals surface area contributed by atoms with E-state index in [1.807, 2.05) is 6.07 Å². The molecule has 0 spiro atoms. The van der Waals surface area contributed by atoms with Crippen LogP contribution in [0.5, 0.6) is 5.75 Å². The zero-order chi connectivity index (χ0) is 13.8. The van der Waals surface area contributed by atoms with Crippen molar-refractivity contribution in [3.8, 4) is 5.75 Å². The predicted octanol–water partition coefficient (Wildman–Crippen LogP) is 3.89. The highest BCUT2D eigenvalue weighted by molar-refractivity contribution is 7.80. The molecule has 19 heavy (non-hydrogen) atoms. The molecule has 0 atom stereocenters. The van der Waals surface area contributed by atoms with Gasteiger partial charge in [-0.3, -0.25) is 4.79 Å². The maximum atomic E-state index is 12.1. The molecule has 0 saturated carbocycles. The second kappa shape index (κ2) is 5.99. The van der Waals surface area contributed by atoms with Gasteiger partial charge in [0.2, 0.25) is 0 Å². The summed E-state index contributed by atoms with van der Waals surface area (Å²) in [6.45, 7) is 0. The van der Waals surface area contributed by atoms with Crippen molar-refractivity contribution in [2.45, 2.75) is 4.90 Å². The molecule has 0 bridgehead atoms. The van der Waals surface area contributed by atoms with Crippen molar-refractivity contribution in [2.75, 3.05) is 12.4 Å². The third-order valence-corrected chi connectivity index (χ3v) is 3.26. The number of carbonyl (C=O) groups excluding carboxylic acids is 1. The first-order valence-electron chi connectivity index (χ1n) is 5.54. The number of ether oxygens (including phenoxy) is 1. The Hall–Kier alpha value is -1.65. The maximum Gasteiger partial charge on any atom is 0.256 e. The van der Waals surface area contributed by atoms with Gasteiger partial charge in [-0.15, -0.1) is 12.6 Å². The van der Waals surface area contributed by atoms with E-state index in [1.165, 1.54) is 7.11 Å². The number of hydrogen-bond acceptors (Lipinski definition) is 3. The Kier molecular flexibility index (Phi) is 4.35. The van der Waals surface area contributed by atoms with Crippen LogP contribution in [0.2, 0.25) is 5.02 Å². The molecule has 0 saturated heterocycles. The van der Waals surface area contributed by atoms with Gasteiger partial charge in [0.05, 0.1) is 17.7 Å². The van der Waals surface area contributed by atoms with Crippen LogP contribution in [-0.4, -0.2) is 13.0 Å². The van der Waals surface area contributed by atoms with Gasteiger partial charge in [-0.25, -0.2) is 0 Å². The van der Waals surface area contributed by atoms with Gasteiger partial charge < -0.3 is 10.1 Å². The molecule has 2 rings (SSSR count). The van der Waals surface area contributed by atoms with Crippen molar-refractivity contribution in [2.24, 2.45) is 0 Å². The van der Waals surface area contributed by atoms with Crippen molar-refractivity contribution in [1.82, 2.24) is 0 Å². The Morgan fingerprint density at radius 1 is 1.26 bits per heavy atom. The SMILES string of the molecule is COc1cc(NC(=O)c2ccccc2S)ccc1Cl. The van der Waals surface area contributed by atoms with E-state index in [1.54, 1.807) is 36.4 Å². The van der Waals surface area contributed by atoms with Crippen LogP contribution in [0.4, 0.5) is 5.69 Å². The number of hydrogen-bond donors (Lipinski definition) is 2. The van der Waals surface area contributed by atoms with E-state index in [0.29, 0.717) is 26.9 Å². The van der Waals surface area contributed by atoms with E-state index < -0.39 is 0 Å². The minimum Gasteiger partial charge on any atom is -0.495 e. The van der Waals surface area contributed by atoms with Crippen molar-refractivity contribution in [1.29, 1.82) is 0 Å². The molecule has 2 aromatic rings. The summed E-state index contributed by atoms with van der Waals surface area (Å²) in [5.41, 5.74) is 1.13. The Balaban J connectivity index is 2.22. The minimum atomic E-state index is -0.227. The minimum absolute atomic E-state index is 0.227. The molecular weight excluding hydrogens is 282 g/mol. The van der Waals surface area contributed by atoms with Crippen molar-refractivity contribution >= 4 is 35.8 Å². The number of methoxy groups -OCH3 is 1. The number of halogens is 1. The summed E-state index contributed by atoms with van der Waals surface area (Å²) < 4.78 is 5.10. The Morgan fingerprint density at radius 2 is 2.00 bits per heavy atom. The monoisotopic (exact) mass is 293 g/mol. The average molecular weight is 294 g/mol. The fourth-order valence-corrected chi connectivity index (χ4v) is 2.06. The van der Waals surface area contributed by atoms with E-state index in [9.17, 15) is 4.79 Å². The van der Waals surface area contributed by atoms with Crippen LogP contribution >= 0.6 is 24.2 Å². The van der Waals surface area contributed by atoms with E-state index >= 15 is 0 Å². The summed E-state index contributed by atoms with van der Waals surface area (Å²) in [5.74, 6) is 0.286. The number of thiol groups is 1. The predicted molar refractivity (Wildman–Crippen MR) is 79.7 cm³/mol. The zero-order valence-corrected chi connectivity index (χ0v) is 11.8. The van der Waals surface area contributed by atoms with Gasteiger partial charge in [0.15, 0.2) is 0 Å². The highest BCUT2D eigenvalue weighted by atomic mass is 35.5. The fraction of sp³-hybridized carbons (Fsp3) is 0.0714. The Labute approximate surface area is 122 Å². The second-order valence-corrected chi connectivity index (χ2v) is 4.71. The maximum absolute atomic E-state index is 12.1. The summed E-state index contributed by atoms with van der Waals surface area (Å²) in [4.78, 5) is 12.7. The molecule has 1 N–H and O–H groups in total. The molecule has 5 heteroatoms. The van der Waals surface area contributed by atoms with Gasteiger partial charge in [-0.05, 0) is 24.3 Å². The number of benzene rings is 2. The summed E-state index contributed by atoms with van der Waals surface area (Å²) >= 11 is 10.2. The number of anilines is 1.